The lowest BCUT2D eigenvalue weighted by atomic mass is 9.92. The molecule has 0 rings (SSSR count). The molecule has 0 amide bonds. The number of allylic oxidation sites excluding steroid dienone is 1. The van der Waals surface area contributed by atoms with E-state index < -0.39 is 0 Å². The molecule has 0 spiro atoms. The van der Waals surface area contributed by atoms with Gasteiger partial charge in [0.1, 0.15) is 0 Å². The van der Waals surface area contributed by atoms with E-state index >= 15 is 0 Å². The molecule has 0 saturated heterocycles. The van der Waals surface area contributed by atoms with Crippen LogP contribution in [0, 0.1) is 5.92 Å². The van der Waals surface area contributed by atoms with Crippen LogP contribution in [0.25, 0.3) is 0 Å². The lowest BCUT2D eigenvalue weighted by Crippen LogP contribution is -1.91. The van der Waals surface area contributed by atoms with Crippen molar-refractivity contribution in [3.8, 4) is 0 Å². The van der Waals surface area contributed by atoms with Gasteiger partial charge in [0.2, 0.25) is 0 Å². The summed E-state index contributed by atoms with van der Waals surface area (Å²) in [4.78, 5) is 0. The third-order valence-corrected chi connectivity index (χ3v) is 1.40. The smallest absolute Gasteiger partial charge is 0.0653 e. The Labute approximate surface area is 53.4 Å². The molecule has 0 saturated carbocycles. The van der Waals surface area contributed by atoms with E-state index in [1.165, 1.54) is 6.42 Å². The van der Waals surface area contributed by atoms with Gasteiger partial charge in [-0.05, 0) is 12.3 Å². The van der Waals surface area contributed by atoms with E-state index in [-0.39, 0.29) is 0 Å². The van der Waals surface area contributed by atoms with Crippen molar-refractivity contribution in [1.29, 1.82) is 0 Å². The summed E-state index contributed by atoms with van der Waals surface area (Å²) in [5, 5.41) is 0. The molecular formula is C7H13B. The fraction of sp³-hybridized carbons (Fsp3) is 0.714. The molecule has 0 aliphatic carbocycles. The average Bonchev–Trinajstić information content (AvgIpc) is 1.83. The zero-order chi connectivity index (χ0) is 6.41. The minimum atomic E-state index is 0.639. The number of hydrogen-bond donors (Lipinski definition) is 0. The van der Waals surface area contributed by atoms with E-state index in [2.05, 4.69) is 13.5 Å². The Morgan fingerprint density at radius 3 is 2.50 bits per heavy atom. The van der Waals surface area contributed by atoms with Crippen LogP contribution in [-0.2, 0) is 0 Å². The topological polar surface area (TPSA) is 0 Å². The van der Waals surface area contributed by atoms with Crippen LogP contribution in [0.15, 0.2) is 12.7 Å². The predicted molar refractivity (Wildman–Crippen MR) is 39.2 cm³/mol. The van der Waals surface area contributed by atoms with Gasteiger partial charge in [-0.1, -0.05) is 25.7 Å². The van der Waals surface area contributed by atoms with Gasteiger partial charge in [-0.25, -0.2) is 0 Å². The largest absolute Gasteiger partial charge is 0.103 e. The van der Waals surface area contributed by atoms with E-state index in [1.807, 2.05) is 6.08 Å². The van der Waals surface area contributed by atoms with Gasteiger partial charge in [0.25, 0.3) is 0 Å². The van der Waals surface area contributed by atoms with Crippen LogP contribution in [0.4, 0.5) is 0 Å². The minimum Gasteiger partial charge on any atom is -0.103 e. The first-order valence-electron chi connectivity index (χ1n) is 3.17. The first-order chi connectivity index (χ1) is 3.85. The average molecular weight is 108 g/mol. The molecule has 1 atom stereocenters. The van der Waals surface area contributed by atoms with E-state index in [9.17, 15) is 0 Å². The molecule has 44 valence electrons. The lowest BCUT2D eigenvalue weighted by molar-refractivity contribution is 0.607. The standard InChI is InChI=1S/C7H13B/c1-3-7(4-2)5-6-8/h3,7H,1,4-6H2,2H3. The summed E-state index contributed by atoms with van der Waals surface area (Å²) in [7, 11) is 5.33. The maximum atomic E-state index is 5.33. The fourth-order valence-electron chi connectivity index (χ4n) is 0.703. The Kier molecular flexibility index (Phi) is 4.83. The van der Waals surface area contributed by atoms with Crippen LogP contribution in [0.3, 0.4) is 0 Å². The Hall–Kier alpha value is -0.195. The van der Waals surface area contributed by atoms with Gasteiger partial charge < -0.3 is 0 Å². The summed E-state index contributed by atoms with van der Waals surface area (Å²) in [6.45, 7) is 5.85. The molecule has 0 aromatic heterocycles. The van der Waals surface area contributed by atoms with Gasteiger partial charge in [0.05, 0.1) is 7.85 Å². The minimum absolute atomic E-state index is 0.639. The van der Waals surface area contributed by atoms with E-state index in [0.29, 0.717) is 5.92 Å². The van der Waals surface area contributed by atoms with E-state index in [0.717, 1.165) is 12.7 Å². The van der Waals surface area contributed by atoms with Crippen LogP contribution in [-0.4, -0.2) is 7.85 Å². The van der Waals surface area contributed by atoms with Crippen molar-refractivity contribution in [2.24, 2.45) is 5.92 Å². The van der Waals surface area contributed by atoms with Crippen molar-refractivity contribution in [2.75, 3.05) is 0 Å². The van der Waals surface area contributed by atoms with Crippen molar-refractivity contribution < 1.29 is 0 Å². The second-order valence-corrected chi connectivity index (χ2v) is 1.98. The van der Waals surface area contributed by atoms with Gasteiger partial charge in [0.15, 0.2) is 0 Å². The van der Waals surface area contributed by atoms with Gasteiger partial charge in [-0.2, -0.15) is 0 Å². The molecule has 0 heterocycles. The Morgan fingerprint density at radius 1 is 1.75 bits per heavy atom. The summed E-state index contributed by atoms with van der Waals surface area (Å²) in [5.74, 6) is 0.639. The molecule has 0 aromatic carbocycles. The van der Waals surface area contributed by atoms with Gasteiger partial charge in [0, 0.05) is 0 Å². The van der Waals surface area contributed by atoms with Crippen molar-refractivity contribution >= 4 is 7.85 Å². The second-order valence-electron chi connectivity index (χ2n) is 1.98. The molecule has 0 aromatic rings. The third kappa shape index (κ3) is 2.89. The highest BCUT2D eigenvalue weighted by Crippen LogP contribution is 2.09. The number of rotatable bonds is 4. The molecule has 1 heteroatoms. The molecule has 1 unspecified atom stereocenters. The predicted octanol–water partition coefficient (Wildman–Crippen LogP) is 2.18. The fourth-order valence-corrected chi connectivity index (χ4v) is 0.703. The monoisotopic (exact) mass is 108 g/mol. The highest BCUT2D eigenvalue weighted by Gasteiger charge is 1.95. The summed E-state index contributed by atoms with van der Waals surface area (Å²) >= 11 is 0. The quantitative estimate of drug-likeness (QED) is 0.382. The van der Waals surface area contributed by atoms with Gasteiger partial charge in [-0.15, -0.1) is 6.58 Å². The molecule has 2 radical (unpaired) electrons. The summed E-state index contributed by atoms with van der Waals surface area (Å²) in [5.41, 5.74) is 0. The first kappa shape index (κ1) is 7.80. The molecule has 0 aliphatic rings. The zero-order valence-electron chi connectivity index (χ0n) is 5.56. The van der Waals surface area contributed by atoms with Crippen LogP contribution in [0.1, 0.15) is 19.8 Å². The third-order valence-electron chi connectivity index (χ3n) is 1.40. The molecule has 0 nitrogen and oxygen atoms in total. The highest BCUT2D eigenvalue weighted by molar-refractivity contribution is 6.08. The van der Waals surface area contributed by atoms with E-state index in [1.54, 1.807) is 0 Å². The molecule has 0 N–H and O–H groups in total. The maximum absolute atomic E-state index is 5.33. The van der Waals surface area contributed by atoms with Crippen molar-refractivity contribution in [3.05, 3.63) is 12.7 Å². The second kappa shape index (κ2) is 4.95. The lowest BCUT2D eigenvalue weighted by Gasteiger charge is -2.04. The Morgan fingerprint density at radius 2 is 2.38 bits per heavy atom. The molecule has 8 heavy (non-hydrogen) atoms. The van der Waals surface area contributed by atoms with Gasteiger partial charge >= 0.3 is 0 Å². The van der Waals surface area contributed by atoms with Crippen molar-refractivity contribution in [3.63, 3.8) is 0 Å². The molecule has 0 fully saturated rings. The zero-order valence-corrected chi connectivity index (χ0v) is 5.56. The SMILES string of the molecule is [B]CCC(C=C)CC. The Balaban J connectivity index is 3.21. The maximum Gasteiger partial charge on any atom is 0.0653 e. The Bertz CT molecular complexity index is 59.4. The summed E-state index contributed by atoms with van der Waals surface area (Å²) in [6, 6.07) is 0. The molecule has 0 aliphatic heterocycles. The highest BCUT2D eigenvalue weighted by atomic mass is 14.0. The van der Waals surface area contributed by atoms with Gasteiger partial charge in [-0.3, -0.25) is 0 Å². The van der Waals surface area contributed by atoms with Crippen LogP contribution >= 0.6 is 0 Å². The van der Waals surface area contributed by atoms with Crippen molar-refractivity contribution in [1.82, 2.24) is 0 Å². The van der Waals surface area contributed by atoms with Crippen molar-refractivity contribution in [2.45, 2.75) is 26.1 Å². The van der Waals surface area contributed by atoms with Crippen LogP contribution in [0.2, 0.25) is 6.32 Å². The van der Waals surface area contributed by atoms with Crippen LogP contribution in [0.5, 0.6) is 0 Å². The molecule has 0 bridgehead atoms. The summed E-state index contributed by atoms with van der Waals surface area (Å²) in [6.07, 6.45) is 5.01. The molecular weight excluding hydrogens is 94.9 g/mol. The number of hydrogen-bond acceptors (Lipinski definition) is 0. The van der Waals surface area contributed by atoms with E-state index in [4.69, 9.17) is 7.85 Å². The summed E-state index contributed by atoms with van der Waals surface area (Å²) < 4.78 is 0. The first-order valence-corrected chi connectivity index (χ1v) is 3.17. The van der Waals surface area contributed by atoms with Crippen LogP contribution < -0.4 is 0 Å². The normalized spacial score (nSPS) is 13.1.